The van der Waals surface area contributed by atoms with Gasteiger partial charge in [0.2, 0.25) is 11.9 Å². The quantitative estimate of drug-likeness (QED) is 0.778. The Morgan fingerprint density at radius 2 is 1.90 bits per heavy atom. The summed E-state index contributed by atoms with van der Waals surface area (Å²) in [6.07, 6.45) is 0. The Morgan fingerprint density at radius 3 is 2.62 bits per heavy atom. The fourth-order valence-corrected chi connectivity index (χ4v) is 2.28. The number of anilines is 2. The highest BCUT2D eigenvalue weighted by atomic mass is 35.5. The van der Waals surface area contributed by atoms with E-state index >= 15 is 0 Å². The minimum absolute atomic E-state index is 0.0659. The minimum Gasteiger partial charge on any atom is -0.368 e. The molecule has 0 aliphatic rings. The van der Waals surface area contributed by atoms with Crippen LogP contribution in [-0.2, 0) is 11.3 Å². The number of hydrogen-bond acceptors (Lipinski definition) is 3. The summed E-state index contributed by atoms with van der Waals surface area (Å²) in [5.41, 5.74) is 7.81. The number of carbonyl (C=O) groups is 1. The summed E-state index contributed by atoms with van der Waals surface area (Å²) in [5, 5.41) is 3.84. The van der Waals surface area contributed by atoms with E-state index in [0.29, 0.717) is 11.0 Å². The number of nitrogens with two attached hydrogens (primary N) is 1. The first kappa shape index (κ1) is 13.5. The number of carbonyl (C=O) groups excluding carboxylic acids is 1. The van der Waals surface area contributed by atoms with Gasteiger partial charge in [-0.05, 0) is 36.4 Å². The Kier molecular flexibility index (Phi) is 3.50. The van der Waals surface area contributed by atoms with Crippen molar-refractivity contribution in [2.24, 2.45) is 5.73 Å². The Labute approximate surface area is 126 Å². The summed E-state index contributed by atoms with van der Waals surface area (Å²) < 4.78 is 1.76. The number of fused-ring (bicyclic) bond motifs is 1. The van der Waals surface area contributed by atoms with E-state index in [4.69, 9.17) is 17.3 Å². The van der Waals surface area contributed by atoms with E-state index in [2.05, 4.69) is 10.3 Å². The zero-order valence-electron chi connectivity index (χ0n) is 11.1. The molecule has 5 nitrogen and oxygen atoms in total. The number of halogens is 1. The van der Waals surface area contributed by atoms with Crippen LogP contribution < -0.4 is 11.1 Å². The van der Waals surface area contributed by atoms with Gasteiger partial charge in [-0.1, -0.05) is 23.7 Å². The second-order valence-corrected chi connectivity index (χ2v) is 5.04. The van der Waals surface area contributed by atoms with Gasteiger partial charge in [0.05, 0.1) is 11.0 Å². The third kappa shape index (κ3) is 2.83. The molecule has 0 aliphatic carbocycles. The van der Waals surface area contributed by atoms with Gasteiger partial charge in [0.15, 0.2) is 0 Å². The molecule has 0 radical (unpaired) electrons. The standard InChI is InChI=1S/C15H13ClN4O/c16-10-5-7-11(8-6-10)18-15-19-12-3-1-2-4-13(12)20(15)9-14(17)21/h1-8H,9H2,(H2,17,21)(H,18,19). The number of nitrogens with one attached hydrogen (secondary N) is 1. The first-order valence-corrected chi connectivity index (χ1v) is 6.77. The summed E-state index contributed by atoms with van der Waals surface area (Å²) in [6, 6.07) is 14.8. The molecule has 0 saturated heterocycles. The maximum absolute atomic E-state index is 11.3. The van der Waals surface area contributed by atoms with Crippen molar-refractivity contribution in [2.75, 3.05) is 5.32 Å². The molecule has 0 aliphatic heterocycles. The van der Waals surface area contributed by atoms with Crippen LogP contribution in [0.1, 0.15) is 0 Å². The molecule has 0 bridgehead atoms. The predicted molar refractivity (Wildman–Crippen MR) is 83.7 cm³/mol. The lowest BCUT2D eigenvalue weighted by atomic mass is 10.3. The van der Waals surface area contributed by atoms with Crippen molar-refractivity contribution in [3.63, 3.8) is 0 Å². The van der Waals surface area contributed by atoms with Gasteiger partial charge >= 0.3 is 0 Å². The molecule has 3 rings (SSSR count). The smallest absolute Gasteiger partial charge is 0.237 e. The van der Waals surface area contributed by atoms with Crippen LogP contribution in [0, 0.1) is 0 Å². The number of nitrogens with zero attached hydrogens (tertiary/aromatic N) is 2. The number of benzene rings is 2. The zero-order valence-corrected chi connectivity index (χ0v) is 11.8. The highest BCUT2D eigenvalue weighted by Gasteiger charge is 2.12. The third-order valence-electron chi connectivity index (χ3n) is 3.07. The van der Waals surface area contributed by atoms with Crippen molar-refractivity contribution < 1.29 is 4.79 Å². The molecule has 0 spiro atoms. The first-order valence-electron chi connectivity index (χ1n) is 6.39. The molecule has 6 heteroatoms. The van der Waals surface area contributed by atoms with Gasteiger partial charge in [-0.25, -0.2) is 4.98 Å². The third-order valence-corrected chi connectivity index (χ3v) is 3.32. The predicted octanol–water partition coefficient (Wildman–Crippen LogP) is 2.92. The number of imidazole rings is 1. The summed E-state index contributed by atoms with van der Waals surface area (Å²) in [4.78, 5) is 15.8. The molecule has 1 heterocycles. The Balaban J connectivity index is 2.04. The van der Waals surface area contributed by atoms with Crippen molar-refractivity contribution in [3.8, 4) is 0 Å². The van der Waals surface area contributed by atoms with Crippen molar-refractivity contribution in [3.05, 3.63) is 53.6 Å². The van der Waals surface area contributed by atoms with Crippen LogP contribution in [0.25, 0.3) is 11.0 Å². The summed E-state index contributed by atoms with van der Waals surface area (Å²) in [5.74, 6) is 0.148. The molecule has 0 saturated carbocycles. The van der Waals surface area contributed by atoms with E-state index in [0.717, 1.165) is 16.7 Å². The van der Waals surface area contributed by atoms with Crippen LogP contribution in [-0.4, -0.2) is 15.5 Å². The Morgan fingerprint density at radius 1 is 1.19 bits per heavy atom. The number of amides is 1. The van der Waals surface area contributed by atoms with Gasteiger partial charge in [-0.3, -0.25) is 4.79 Å². The normalized spacial score (nSPS) is 10.7. The van der Waals surface area contributed by atoms with Gasteiger partial charge in [-0.15, -0.1) is 0 Å². The molecule has 3 aromatic rings. The van der Waals surface area contributed by atoms with Crippen LogP contribution >= 0.6 is 11.6 Å². The van der Waals surface area contributed by atoms with E-state index in [1.807, 2.05) is 36.4 Å². The zero-order chi connectivity index (χ0) is 14.8. The van der Waals surface area contributed by atoms with Crippen LogP contribution in [0.3, 0.4) is 0 Å². The van der Waals surface area contributed by atoms with Crippen LogP contribution in [0.5, 0.6) is 0 Å². The van der Waals surface area contributed by atoms with E-state index < -0.39 is 5.91 Å². The maximum Gasteiger partial charge on any atom is 0.237 e. The van der Waals surface area contributed by atoms with E-state index in [-0.39, 0.29) is 6.54 Å². The topological polar surface area (TPSA) is 72.9 Å². The van der Waals surface area contributed by atoms with Gasteiger partial charge in [-0.2, -0.15) is 0 Å². The molecule has 0 atom stereocenters. The Hall–Kier alpha value is -2.53. The molecule has 2 aromatic carbocycles. The summed E-state index contributed by atoms with van der Waals surface area (Å²) >= 11 is 5.87. The SMILES string of the molecule is NC(=O)Cn1c(Nc2ccc(Cl)cc2)nc2ccccc21. The minimum atomic E-state index is -0.419. The highest BCUT2D eigenvalue weighted by Crippen LogP contribution is 2.23. The van der Waals surface area contributed by atoms with E-state index in [9.17, 15) is 4.79 Å². The Bertz CT molecular complexity index is 795. The molecular formula is C15H13ClN4O. The average molecular weight is 301 g/mol. The molecule has 21 heavy (non-hydrogen) atoms. The molecule has 1 aromatic heterocycles. The van der Waals surface area contributed by atoms with Crippen molar-refractivity contribution in [2.45, 2.75) is 6.54 Å². The van der Waals surface area contributed by atoms with Crippen LogP contribution in [0.4, 0.5) is 11.6 Å². The second kappa shape index (κ2) is 5.46. The molecule has 0 fully saturated rings. The molecule has 0 unspecified atom stereocenters. The number of rotatable bonds is 4. The lowest BCUT2D eigenvalue weighted by molar-refractivity contribution is -0.118. The number of hydrogen-bond donors (Lipinski definition) is 2. The molecular weight excluding hydrogens is 288 g/mol. The van der Waals surface area contributed by atoms with Crippen molar-refractivity contribution >= 4 is 40.2 Å². The number of primary amides is 1. The lowest BCUT2D eigenvalue weighted by Crippen LogP contribution is -2.19. The monoisotopic (exact) mass is 300 g/mol. The van der Waals surface area contributed by atoms with Crippen LogP contribution in [0.15, 0.2) is 48.5 Å². The van der Waals surface area contributed by atoms with Crippen molar-refractivity contribution in [1.82, 2.24) is 9.55 Å². The second-order valence-electron chi connectivity index (χ2n) is 4.61. The average Bonchev–Trinajstić information content (AvgIpc) is 2.79. The molecule has 106 valence electrons. The van der Waals surface area contributed by atoms with Crippen LogP contribution in [0.2, 0.25) is 5.02 Å². The molecule has 1 amide bonds. The van der Waals surface area contributed by atoms with Crippen molar-refractivity contribution in [1.29, 1.82) is 0 Å². The largest absolute Gasteiger partial charge is 0.368 e. The summed E-state index contributed by atoms with van der Waals surface area (Å²) in [7, 11) is 0. The number of para-hydroxylation sites is 2. The van der Waals surface area contributed by atoms with Gasteiger partial charge in [0, 0.05) is 10.7 Å². The first-order chi connectivity index (χ1) is 10.1. The maximum atomic E-state index is 11.3. The van der Waals surface area contributed by atoms with E-state index in [1.165, 1.54) is 0 Å². The number of aromatic nitrogens is 2. The van der Waals surface area contributed by atoms with E-state index in [1.54, 1.807) is 16.7 Å². The summed E-state index contributed by atoms with van der Waals surface area (Å²) in [6.45, 7) is 0.0659. The fourth-order valence-electron chi connectivity index (χ4n) is 2.15. The van der Waals surface area contributed by atoms with Gasteiger partial charge < -0.3 is 15.6 Å². The lowest BCUT2D eigenvalue weighted by Gasteiger charge is -2.09. The van der Waals surface area contributed by atoms with Gasteiger partial charge in [0.1, 0.15) is 6.54 Å². The molecule has 3 N–H and O–H groups in total. The van der Waals surface area contributed by atoms with Gasteiger partial charge in [0.25, 0.3) is 0 Å². The fraction of sp³-hybridized carbons (Fsp3) is 0.0667. The highest BCUT2D eigenvalue weighted by molar-refractivity contribution is 6.30.